The molecule has 5 nitrogen and oxygen atoms in total. The second-order valence-corrected chi connectivity index (χ2v) is 4.23. The molecule has 1 aliphatic heterocycles. The largest absolute Gasteiger partial charge is 0.489 e. The molecule has 0 aromatic heterocycles. The van der Waals surface area contributed by atoms with Crippen LogP contribution in [0.5, 0.6) is 5.75 Å². The van der Waals surface area contributed by atoms with E-state index in [-0.39, 0.29) is 30.7 Å². The van der Waals surface area contributed by atoms with E-state index in [2.05, 4.69) is 10.6 Å². The Hall–Kier alpha value is -2.11. The summed E-state index contributed by atoms with van der Waals surface area (Å²) in [5.41, 5.74) is 0. The lowest BCUT2D eigenvalue weighted by molar-refractivity contribution is -0.125. The molecule has 1 saturated heterocycles. The van der Waals surface area contributed by atoms with Crippen molar-refractivity contribution in [3.63, 3.8) is 0 Å². The molecule has 0 spiro atoms. The summed E-state index contributed by atoms with van der Waals surface area (Å²) < 4.78 is 18.4. The van der Waals surface area contributed by atoms with Gasteiger partial charge in [-0.3, -0.25) is 9.59 Å². The van der Waals surface area contributed by atoms with Gasteiger partial charge in [0.25, 0.3) is 0 Å². The molecule has 0 saturated carbocycles. The maximum Gasteiger partial charge on any atom is 0.242 e. The van der Waals surface area contributed by atoms with E-state index in [9.17, 15) is 14.0 Å². The number of para-hydroxylation sites is 1. The first-order valence-electron chi connectivity index (χ1n) is 6.11. The highest BCUT2D eigenvalue weighted by Gasteiger charge is 2.26. The Morgan fingerprint density at radius 2 is 2.26 bits per heavy atom. The molecule has 1 atom stereocenters. The van der Waals surface area contributed by atoms with Gasteiger partial charge in [-0.15, -0.1) is 0 Å². The fourth-order valence-corrected chi connectivity index (χ4v) is 1.83. The molecular weight excluding hydrogens is 251 g/mol. The summed E-state index contributed by atoms with van der Waals surface area (Å²) in [6.45, 7) is 0.437. The Kier molecular flexibility index (Phi) is 4.33. The average molecular weight is 266 g/mol. The van der Waals surface area contributed by atoms with Gasteiger partial charge in [-0.05, 0) is 18.6 Å². The molecule has 0 bridgehead atoms. The van der Waals surface area contributed by atoms with E-state index in [4.69, 9.17) is 4.74 Å². The zero-order valence-electron chi connectivity index (χ0n) is 10.3. The van der Waals surface area contributed by atoms with Gasteiger partial charge < -0.3 is 15.4 Å². The summed E-state index contributed by atoms with van der Waals surface area (Å²) in [7, 11) is 0. The van der Waals surface area contributed by atoms with Crippen LogP contribution < -0.4 is 15.4 Å². The molecule has 2 amide bonds. The van der Waals surface area contributed by atoms with Gasteiger partial charge >= 0.3 is 0 Å². The van der Waals surface area contributed by atoms with Crippen LogP contribution >= 0.6 is 0 Å². The van der Waals surface area contributed by atoms with Crippen LogP contribution in [0.4, 0.5) is 4.39 Å². The van der Waals surface area contributed by atoms with E-state index in [0.29, 0.717) is 12.8 Å². The van der Waals surface area contributed by atoms with Crippen LogP contribution in [0.25, 0.3) is 0 Å². The van der Waals surface area contributed by atoms with Crippen LogP contribution in [0.2, 0.25) is 0 Å². The first-order valence-corrected chi connectivity index (χ1v) is 6.11. The van der Waals surface area contributed by atoms with Gasteiger partial charge in [0, 0.05) is 6.42 Å². The minimum absolute atomic E-state index is 0.109. The number of carbonyl (C=O) groups excluding carboxylic acids is 2. The molecule has 102 valence electrons. The molecule has 1 aromatic rings. The maximum atomic E-state index is 13.2. The summed E-state index contributed by atoms with van der Waals surface area (Å²) in [6.07, 6.45) is 0.892. The Balaban J connectivity index is 1.68. The van der Waals surface area contributed by atoms with Crippen molar-refractivity contribution in [3.05, 3.63) is 30.1 Å². The lowest BCUT2D eigenvalue weighted by Crippen LogP contribution is -2.42. The number of hydrogen-bond acceptors (Lipinski definition) is 3. The van der Waals surface area contributed by atoms with Gasteiger partial charge in [0.2, 0.25) is 11.8 Å². The summed E-state index contributed by atoms with van der Waals surface area (Å²) in [4.78, 5) is 22.6. The number of halogens is 1. The number of rotatable bonds is 5. The molecular formula is C13H15FN2O3. The average Bonchev–Trinajstić information content (AvgIpc) is 2.83. The topological polar surface area (TPSA) is 67.4 Å². The van der Waals surface area contributed by atoms with Crippen molar-refractivity contribution in [3.8, 4) is 5.75 Å². The van der Waals surface area contributed by atoms with Crippen molar-refractivity contribution in [1.82, 2.24) is 10.6 Å². The normalized spacial score (nSPS) is 17.9. The van der Waals surface area contributed by atoms with Crippen molar-refractivity contribution in [2.75, 3.05) is 13.2 Å². The third-order valence-corrected chi connectivity index (χ3v) is 2.81. The van der Waals surface area contributed by atoms with E-state index in [1.165, 1.54) is 12.1 Å². The quantitative estimate of drug-likeness (QED) is 0.767. The number of amides is 2. The second kappa shape index (κ2) is 6.17. The molecule has 0 aliphatic carbocycles. The standard InChI is InChI=1S/C13H15FN2O3/c14-9-3-1-2-4-11(9)19-8-7-15-13(18)10-5-6-12(17)16-10/h1-4,10H,5-8H2,(H,15,18)(H,16,17). The Bertz CT molecular complexity index is 479. The van der Waals surface area contributed by atoms with E-state index in [1.54, 1.807) is 12.1 Å². The van der Waals surface area contributed by atoms with Gasteiger partial charge in [-0.1, -0.05) is 12.1 Å². The van der Waals surface area contributed by atoms with Gasteiger partial charge in [0.1, 0.15) is 12.6 Å². The molecule has 0 radical (unpaired) electrons. The highest BCUT2D eigenvalue weighted by Crippen LogP contribution is 2.14. The SMILES string of the molecule is O=C1CCC(C(=O)NCCOc2ccccc2F)N1. The molecule has 1 aliphatic rings. The van der Waals surface area contributed by atoms with Crippen LogP contribution in [-0.2, 0) is 9.59 Å². The van der Waals surface area contributed by atoms with Gasteiger partial charge in [-0.2, -0.15) is 0 Å². The summed E-state index contributed by atoms with van der Waals surface area (Å²) in [6, 6.07) is 5.62. The Labute approximate surface area is 110 Å². The van der Waals surface area contributed by atoms with Crippen LogP contribution in [0.15, 0.2) is 24.3 Å². The zero-order chi connectivity index (χ0) is 13.7. The molecule has 1 unspecified atom stereocenters. The van der Waals surface area contributed by atoms with Crippen molar-refractivity contribution in [2.24, 2.45) is 0 Å². The van der Waals surface area contributed by atoms with E-state index in [1.807, 2.05) is 0 Å². The van der Waals surface area contributed by atoms with Gasteiger partial charge in [0.15, 0.2) is 11.6 Å². The zero-order valence-corrected chi connectivity index (χ0v) is 10.3. The number of hydrogen-bond donors (Lipinski definition) is 2. The number of ether oxygens (including phenoxy) is 1. The van der Waals surface area contributed by atoms with Crippen LogP contribution in [0.1, 0.15) is 12.8 Å². The molecule has 1 heterocycles. The van der Waals surface area contributed by atoms with Crippen molar-refractivity contribution >= 4 is 11.8 Å². The predicted octanol–water partition coefficient (Wildman–Crippen LogP) is 0.599. The summed E-state index contributed by atoms with van der Waals surface area (Å²) in [5, 5.41) is 5.20. The van der Waals surface area contributed by atoms with Crippen LogP contribution in [-0.4, -0.2) is 31.0 Å². The van der Waals surface area contributed by atoms with Gasteiger partial charge in [0.05, 0.1) is 6.54 Å². The van der Waals surface area contributed by atoms with Gasteiger partial charge in [-0.25, -0.2) is 4.39 Å². The highest BCUT2D eigenvalue weighted by molar-refractivity contribution is 5.90. The lowest BCUT2D eigenvalue weighted by atomic mass is 10.2. The maximum absolute atomic E-state index is 13.2. The molecule has 6 heteroatoms. The van der Waals surface area contributed by atoms with E-state index >= 15 is 0 Å². The highest BCUT2D eigenvalue weighted by atomic mass is 19.1. The minimum Gasteiger partial charge on any atom is -0.489 e. The van der Waals surface area contributed by atoms with E-state index in [0.717, 1.165) is 0 Å². The Morgan fingerprint density at radius 3 is 2.95 bits per heavy atom. The van der Waals surface area contributed by atoms with Crippen molar-refractivity contribution in [1.29, 1.82) is 0 Å². The molecule has 19 heavy (non-hydrogen) atoms. The minimum atomic E-state index is -0.457. The third kappa shape index (κ3) is 3.67. The number of benzene rings is 1. The number of carbonyl (C=O) groups is 2. The van der Waals surface area contributed by atoms with Crippen molar-refractivity contribution in [2.45, 2.75) is 18.9 Å². The molecule has 1 aromatic carbocycles. The fraction of sp³-hybridized carbons (Fsp3) is 0.385. The Morgan fingerprint density at radius 1 is 1.47 bits per heavy atom. The summed E-state index contributed by atoms with van der Waals surface area (Å²) in [5.74, 6) is -0.617. The monoisotopic (exact) mass is 266 g/mol. The van der Waals surface area contributed by atoms with Crippen LogP contribution in [0, 0.1) is 5.82 Å². The smallest absolute Gasteiger partial charge is 0.242 e. The predicted molar refractivity (Wildman–Crippen MR) is 66.1 cm³/mol. The second-order valence-electron chi connectivity index (χ2n) is 4.23. The lowest BCUT2D eigenvalue weighted by Gasteiger charge is -2.11. The molecule has 2 N–H and O–H groups in total. The summed E-state index contributed by atoms with van der Waals surface area (Å²) >= 11 is 0. The first-order chi connectivity index (χ1) is 9.16. The van der Waals surface area contributed by atoms with E-state index < -0.39 is 11.9 Å². The molecule has 1 fully saturated rings. The van der Waals surface area contributed by atoms with Crippen molar-refractivity contribution < 1.29 is 18.7 Å². The molecule has 2 rings (SSSR count). The number of nitrogens with one attached hydrogen (secondary N) is 2. The third-order valence-electron chi connectivity index (χ3n) is 2.81. The van der Waals surface area contributed by atoms with Crippen LogP contribution in [0.3, 0.4) is 0 Å². The fourth-order valence-electron chi connectivity index (χ4n) is 1.83. The first kappa shape index (κ1) is 13.3.